The molecule has 25 nitrogen and oxygen atoms in total. The molecule has 0 radical (unpaired) electrons. The maximum atomic E-state index is 14.9. The minimum Gasteiger partial charge on any atom is -0.391 e. The maximum absolute atomic E-state index is 14.9. The van der Waals surface area contributed by atoms with E-state index in [1.165, 1.54) is 63.7 Å². The number of fused-ring (bicyclic) bond motifs is 4. The summed E-state index contributed by atoms with van der Waals surface area (Å²) in [5.41, 5.74) is 0.567. The van der Waals surface area contributed by atoms with Crippen molar-refractivity contribution in [2.75, 3.05) is 47.8 Å². The zero-order valence-electron chi connectivity index (χ0n) is 55.7. The Morgan fingerprint density at radius 2 is 1.30 bits per heavy atom. The lowest BCUT2D eigenvalue weighted by atomic mass is 9.71. The Kier molecular flexibility index (Phi) is 25.4. The zero-order chi connectivity index (χ0) is 66.8. The average molecular weight is 1260 g/mol. The fourth-order valence-corrected chi connectivity index (χ4v) is 13.1. The number of likely N-dealkylation sites (N-methyl/N-ethyl adjacent to an activating group) is 4. The number of epoxide rings is 1. The molecule has 1 aromatic carbocycles. The molecule has 25 heteroatoms. The molecule has 2 bridgehead atoms. The van der Waals surface area contributed by atoms with Crippen LogP contribution in [0.15, 0.2) is 42.1 Å². The van der Waals surface area contributed by atoms with E-state index in [1.807, 2.05) is 52.5 Å². The monoisotopic (exact) mass is 1260 g/mol. The number of aliphatic hydroxyl groups excluding tert-OH is 2. The minimum absolute atomic E-state index is 0.0109. The molecule has 1 spiro atoms. The summed E-state index contributed by atoms with van der Waals surface area (Å²) < 4.78 is 6.39. The number of benzene rings is 1. The standard InChI is InChI=1S/C65H104N12O13/c1-36(2)29-45-54-63(90-54)77-44-25-22-26-65(77,34-44)64(89)71-52(42(11)78)61(87)72(12)35-51(80)67-47(32-43-23-18-16-19-24-43)59(85)75(15)53(39(7)8)62(88)73(13)41(10)56(82)69-46(30-37(3)4)58(84)74(14)49(31-38(5)6)57(83)70-48(60(86)76-27-20-17-21-28-76)33-50(79)66-40(9)55(81)68-45/h16,18-19,23-25,36-42,45-49,52-54,63-64,71,78,89H,17,20-22,26-35H2,1-15H3,(H,66,79)(H,67,80)(H,68,81)(H,69,82)(H,70,83)/t40-,41-,42+,45-,46-,47-,48-,49-,52-,53-,54?,63?,64?,65+/m0/s1. The van der Waals surface area contributed by atoms with Crippen molar-refractivity contribution in [1.82, 2.24) is 61.3 Å². The van der Waals surface area contributed by atoms with Crippen molar-refractivity contribution in [1.29, 1.82) is 0 Å². The molecule has 5 aliphatic rings. The number of hydrogen-bond donors (Lipinski definition) is 8. The van der Waals surface area contributed by atoms with Crippen LogP contribution in [0, 0.1) is 23.7 Å². The number of rotatable bonds is 11. The van der Waals surface area contributed by atoms with Gasteiger partial charge in [-0.1, -0.05) is 91.8 Å². The number of piperidine rings is 1. The fourth-order valence-electron chi connectivity index (χ4n) is 13.1. The third kappa shape index (κ3) is 17.9. The number of likely N-dealkylation sites (tertiary alicyclic amines) is 1. The molecule has 10 amide bonds. The Hall–Kier alpha value is -6.70. The Labute approximate surface area is 531 Å². The van der Waals surface area contributed by atoms with E-state index in [4.69, 9.17) is 4.74 Å². The number of aliphatic hydroxyl groups is 2. The van der Waals surface area contributed by atoms with E-state index >= 15 is 0 Å². The summed E-state index contributed by atoms with van der Waals surface area (Å²) in [7, 11) is 5.67. The smallest absolute Gasteiger partial charge is 0.246 e. The van der Waals surface area contributed by atoms with Gasteiger partial charge in [0.1, 0.15) is 60.7 Å². The van der Waals surface area contributed by atoms with Gasteiger partial charge < -0.3 is 70.9 Å². The molecule has 90 heavy (non-hydrogen) atoms. The van der Waals surface area contributed by atoms with Crippen molar-refractivity contribution in [3.8, 4) is 0 Å². The quantitative estimate of drug-likeness (QED) is 0.145. The van der Waals surface area contributed by atoms with E-state index in [-0.39, 0.29) is 37.0 Å². The number of hydrogen-bond acceptors (Lipinski definition) is 15. The lowest BCUT2D eigenvalue weighted by Gasteiger charge is -2.60. The van der Waals surface area contributed by atoms with Crippen molar-refractivity contribution in [2.24, 2.45) is 23.7 Å². The van der Waals surface area contributed by atoms with E-state index in [2.05, 4.69) is 31.9 Å². The van der Waals surface area contributed by atoms with Crippen molar-refractivity contribution in [2.45, 2.75) is 231 Å². The lowest BCUT2D eigenvalue weighted by Crippen LogP contribution is -2.72. The highest BCUT2D eigenvalue weighted by Gasteiger charge is 2.64. The van der Waals surface area contributed by atoms with Crippen molar-refractivity contribution < 1.29 is 62.9 Å². The number of nitrogens with zero attached hydrogens (tertiary/aromatic N) is 6. The van der Waals surface area contributed by atoms with Gasteiger partial charge in [-0.25, -0.2) is 0 Å². The number of carbonyl (C=O) groups is 10. The first-order valence-electron chi connectivity index (χ1n) is 32.4. The van der Waals surface area contributed by atoms with Gasteiger partial charge in [-0.2, -0.15) is 0 Å². The third-order valence-corrected chi connectivity index (χ3v) is 18.2. The molecular formula is C65H104N12O13. The minimum atomic E-state index is -1.41. The summed E-state index contributed by atoms with van der Waals surface area (Å²) in [5, 5.41) is 40.7. The molecule has 4 heterocycles. The van der Waals surface area contributed by atoms with E-state index in [1.54, 1.807) is 49.1 Å². The number of allylic oxidation sites excluding steroid dienone is 1. The Morgan fingerprint density at radius 1 is 0.678 bits per heavy atom. The van der Waals surface area contributed by atoms with Gasteiger partial charge in [-0.05, 0) is 101 Å². The van der Waals surface area contributed by atoms with Crippen molar-refractivity contribution in [3.05, 3.63) is 47.7 Å². The van der Waals surface area contributed by atoms with E-state index < -0.39 is 163 Å². The lowest BCUT2D eigenvalue weighted by molar-refractivity contribution is -0.151. The van der Waals surface area contributed by atoms with Gasteiger partial charge in [0.25, 0.3) is 0 Å². The molecule has 0 saturated carbocycles. The summed E-state index contributed by atoms with van der Waals surface area (Å²) in [6, 6.07) is -1.62. The van der Waals surface area contributed by atoms with Crippen LogP contribution in [0.2, 0.25) is 0 Å². The number of amides is 10. The highest BCUT2D eigenvalue weighted by Crippen LogP contribution is 2.54. The van der Waals surface area contributed by atoms with Gasteiger partial charge in [-0.3, -0.25) is 53.3 Å². The van der Waals surface area contributed by atoms with E-state index in [0.29, 0.717) is 44.3 Å². The molecule has 502 valence electrons. The highest BCUT2D eigenvalue weighted by atomic mass is 16.6. The summed E-state index contributed by atoms with van der Waals surface area (Å²) in [4.78, 5) is 153. The molecule has 8 N–H and O–H groups in total. The molecule has 4 saturated heterocycles. The van der Waals surface area contributed by atoms with Crippen LogP contribution >= 0.6 is 0 Å². The predicted molar refractivity (Wildman–Crippen MR) is 336 cm³/mol. The van der Waals surface area contributed by atoms with E-state index in [0.717, 1.165) is 29.9 Å². The van der Waals surface area contributed by atoms with Crippen molar-refractivity contribution in [3.63, 3.8) is 0 Å². The third-order valence-electron chi connectivity index (χ3n) is 18.2. The zero-order valence-corrected chi connectivity index (χ0v) is 55.7. The number of carbonyl (C=O) groups excluding carboxylic acids is 10. The molecule has 4 fully saturated rings. The van der Waals surface area contributed by atoms with Crippen LogP contribution in [-0.2, 0) is 59.1 Å². The van der Waals surface area contributed by atoms with Crippen LogP contribution < -0.4 is 31.9 Å². The van der Waals surface area contributed by atoms with Gasteiger partial charge in [0.15, 0.2) is 6.23 Å². The topological polar surface area (TPSA) is 315 Å². The van der Waals surface area contributed by atoms with Crippen LogP contribution in [0.1, 0.15) is 146 Å². The molecular weight excluding hydrogens is 1160 g/mol. The Balaban J connectivity index is 1.36. The van der Waals surface area contributed by atoms with Crippen molar-refractivity contribution >= 4 is 59.1 Å². The normalized spacial score (nSPS) is 31.2. The maximum Gasteiger partial charge on any atom is 0.246 e. The van der Waals surface area contributed by atoms with Crippen LogP contribution in [0.25, 0.3) is 0 Å². The molecule has 1 aromatic rings. The highest BCUT2D eigenvalue weighted by molar-refractivity contribution is 5.98. The molecule has 6 rings (SSSR count). The van der Waals surface area contributed by atoms with Gasteiger partial charge in [0.2, 0.25) is 59.1 Å². The second-order valence-electron chi connectivity index (χ2n) is 27.4. The molecule has 3 unspecified atom stereocenters. The van der Waals surface area contributed by atoms with E-state index in [9.17, 15) is 58.2 Å². The van der Waals surface area contributed by atoms with Crippen LogP contribution in [0.5, 0.6) is 0 Å². The number of ether oxygens (including phenoxy) is 1. The first-order valence-corrected chi connectivity index (χ1v) is 32.4. The Bertz CT molecular complexity index is 2760. The first-order chi connectivity index (χ1) is 42.3. The van der Waals surface area contributed by atoms with Gasteiger partial charge in [0.05, 0.1) is 30.7 Å². The van der Waals surface area contributed by atoms with Crippen LogP contribution in [0.3, 0.4) is 0 Å². The summed E-state index contributed by atoms with van der Waals surface area (Å²) in [5.74, 6) is -7.24. The molecule has 0 aromatic heterocycles. The van der Waals surface area contributed by atoms with Gasteiger partial charge in [-0.15, -0.1) is 0 Å². The SMILES string of the molecule is CC(C)C[C@@H]1NC(=O)[C@H](C)N(C)C(=O)[C@H](C(C)C)N(C)C(=O)[C@H](Cc2ccccc2)NC(=O)CN(C)C(=O)[C@H]([C@@H](C)O)NC(O)[C@@]23CCC=C(C2)N3C2OC2[C@H](CC(C)C)NC(=O)[C@H](C)NC(=O)C[C@@H](C(=O)N2CCCCC2)NC(=O)[C@H](CC(C)C)N(C)C1=O. The largest absolute Gasteiger partial charge is 0.391 e. The second-order valence-corrected chi connectivity index (χ2v) is 27.4. The predicted octanol–water partition coefficient (Wildman–Crippen LogP) is 1.35. The number of nitrogens with one attached hydrogen (secondary N) is 6. The van der Waals surface area contributed by atoms with Crippen LogP contribution in [-0.4, -0.2) is 231 Å². The summed E-state index contributed by atoms with van der Waals surface area (Å²) in [6.45, 7) is 19.6. The van der Waals surface area contributed by atoms with Gasteiger partial charge >= 0.3 is 0 Å². The molecule has 14 atom stereocenters. The fraction of sp³-hybridized carbons (Fsp3) is 0.723. The Morgan fingerprint density at radius 3 is 1.89 bits per heavy atom. The van der Waals surface area contributed by atoms with Gasteiger partial charge in [0, 0.05) is 59.8 Å². The summed E-state index contributed by atoms with van der Waals surface area (Å²) in [6.07, 6.45) is 2.06. The molecule has 1 aliphatic carbocycles. The average Bonchev–Trinajstić information content (AvgIpc) is 1.43. The molecule has 4 aliphatic heterocycles. The first kappa shape index (κ1) is 72.4. The van der Waals surface area contributed by atoms with Crippen LogP contribution in [0.4, 0.5) is 0 Å². The second kappa shape index (κ2) is 31.6. The summed E-state index contributed by atoms with van der Waals surface area (Å²) >= 11 is 0.